The number of furan rings is 1. The summed E-state index contributed by atoms with van der Waals surface area (Å²) in [7, 11) is 0. The molecule has 2 aliphatic rings. The highest BCUT2D eigenvalue weighted by Crippen LogP contribution is 2.45. The molecule has 2 atom stereocenters. The molecule has 0 spiro atoms. The maximum absolute atomic E-state index is 14.2. The van der Waals surface area contributed by atoms with E-state index in [2.05, 4.69) is 15.6 Å². The summed E-state index contributed by atoms with van der Waals surface area (Å²) in [4.78, 5) is 31.2. The molecule has 172 valence electrons. The van der Waals surface area contributed by atoms with Gasteiger partial charge in [0.1, 0.15) is 17.4 Å². The van der Waals surface area contributed by atoms with Gasteiger partial charge >= 0.3 is 0 Å². The molecule has 0 saturated carbocycles. The molecule has 3 heterocycles. The van der Waals surface area contributed by atoms with Crippen molar-refractivity contribution in [2.24, 2.45) is 0 Å². The number of aryl methyl sites for hydroxylation is 1. The van der Waals surface area contributed by atoms with Crippen molar-refractivity contribution in [3.05, 3.63) is 106 Å². The summed E-state index contributed by atoms with van der Waals surface area (Å²) in [6.07, 6.45) is 4.08. The van der Waals surface area contributed by atoms with E-state index in [1.807, 2.05) is 19.1 Å². The molecule has 5 rings (SSSR count). The molecule has 1 aromatic carbocycles. The average molecular weight is 458 g/mol. The number of nitrogens with one attached hydrogen (secondary N) is 2. The highest BCUT2D eigenvalue weighted by atomic mass is 19.1. The molecule has 7 heteroatoms. The average Bonchev–Trinajstić information content (AvgIpc) is 3.34. The Bertz CT molecular complexity index is 1320. The lowest BCUT2D eigenvalue weighted by molar-refractivity contribution is -0.116. The first kappa shape index (κ1) is 21.8. The van der Waals surface area contributed by atoms with Gasteiger partial charge in [0, 0.05) is 47.0 Å². The van der Waals surface area contributed by atoms with Crippen molar-refractivity contribution in [1.82, 2.24) is 10.3 Å². The van der Waals surface area contributed by atoms with Gasteiger partial charge in [-0.2, -0.15) is 0 Å². The number of aromatic nitrogens is 1. The molecule has 0 fully saturated rings. The van der Waals surface area contributed by atoms with Crippen LogP contribution in [0, 0.1) is 12.7 Å². The quantitative estimate of drug-likeness (QED) is 0.568. The summed E-state index contributed by atoms with van der Waals surface area (Å²) in [5.74, 6) is -0.531. The molecule has 1 amide bonds. The van der Waals surface area contributed by atoms with Crippen molar-refractivity contribution >= 4 is 17.5 Å². The van der Waals surface area contributed by atoms with Gasteiger partial charge < -0.3 is 15.1 Å². The number of halogens is 1. The Morgan fingerprint density at radius 2 is 2.00 bits per heavy atom. The van der Waals surface area contributed by atoms with Crippen LogP contribution < -0.4 is 10.6 Å². The number of benzene rings is 1. The van der Waals surface area contributed by atoms with E-state index in [1.54, 1.807) is 43.6 Å². The maximum Gasteiger partial charge on any atom is 0.255 e. The number of rotatable bonds is 4. The van der Waals surface area contributed by atoms with Crippen LogP contribution in [0.1, 0.15) is 48.5 Å². The monoisotopic (exact) mass is 457 g/mol. The van der Waals surface area contributed by atoms with E-state index in [1.165, 1.54) is 12.1 Å². The van der Waals surface area contributed by atoms with Crippen LogP contribution in [0.2, 0.25) is 0 Å². The Balaban J connectivity index is 1.56. The van der Waals surface area contributed by atoms with Crippen molar-refractivity contribution in [2.75, 3.05) is 5.32 Å². The van der Waals surface area contributed by atoms with E-state index < -0.39 is 11.7 Å². The van der Waals surface area contributed by atoms with Crippen molar-refractivity contribution in [3.8, 4) is 0 Å². The molecule has 0 radical (unpaired) electrons. The van der Waals surface area contributed by atoms with E-state index in [0.717, 1.165) is 17.0 Å². The number of allylic oxidation sites excluding steroid dienone is 3. The van der Waals surface area contributed by atoms with Crippen LogP contribution in [0.15, 0.2) is 87.9 Å². The molecule has 0 bridgehead atoms. The van der Waals surface area contributed by atoms with Gasteiger partial charge in [-0.3, -0.25) is 9.59 Å². The van der Waals surface area contributed by atoms with Gasteiger partial charge in [-0.1, -0.05) is 18.2 Å². The Hall–Kier alpha value is -4.00. The highest BCUT2D eigenvalue weighted by molar-refractivity contribution is 6.09. The Morgan fingerprint density at radius 1 is 1.15 bits per heavy atom. The number of amides is 1. The fourth-order valence-corrected chi connectivity index (χ4v) is 4.81. The standard InChI is InChI=1S/C27H24FN3O3/c1-15-8-9-23(29-14-15)31-27(33)24-16(2)30-20-12-18(22-7-4-10-34-22)13-21(32)26(20)25(24)17-5-3-6-19(28)11-17/h3-11,14,18,25,30H,12-13H2,1-2H3,(H,29,31,33)/t18-,25+/m0/s1. The van der Waals surface area contributed by atoms with E-state index >= 15 is 0 Å². The van der Waals surface area contributed by atoms with Gasteiger partial charge in [0.05, 0.1) is 6.26 Å². The third-order valence-corrected chi connectivity index (χ3v) is 6.35. The van der Waals surface area contributed by atoms with Crippen LogP contribution in [0.3, 0.4) is 0 Å². The van der Waals surface area contributed by atoms with Crippen molar-refractivity contribution in [2.45, 2.75) is 38.5 Å². The minimum atomic E-state index is -0.692. The molecule has 1 aliphatic heterocycles. The number of pyridine rings is 1. The molecule has 0 saturated heterocycles. The van der Waals surface area contributed by atoms with Crippen LogP contribution >= 0.6 is 0 Å². The minimum absolute atomic E-state index is 0.0873. The molecule has 3 aromatic rings. The van der Waals surface area contributed by atoms with Gasteiger partial charge in [-0.05, 0) is 61.7 Å². The second-order valence-corrected chi connectivity index (χ2v) is 8.76. The zero-order valence-corrected chi connectivity index (χ0v) is 18.9. The number of hydrogen-bond acceptors (Lipinski definition) is 5. The van der Waals surface area contributed by atoms with E-state index in [9.17, 15) is 14.0 Å². The molecule has 2 N–H and O–H groups in total. The summed E-state index contributed by atoms with van der Waals surface area (Å²) in [5.41, 5.74) is 3.76. The van der Waals surface area contributed by atoms with Gasteiger partial charge in [0.15, 0.2) is 5.78 Å². The van der Waals surface area contributed by atoms with Crippen molar-refractivity contribution < 1.29 is 18.4 Å². The molecule has 34 heavy (non-hydrogen) atoms. The second kappa shape index (κ2) is 8.74. The molecule has 0 unspecified atom stereocenters. The predicted octanol–water partition coefficient (Wildman–Crippen LogP) is 5.12. The first-order chi connectivity index (χ1) is 16.4. The zero-order chi connectivity index (χ0) is 23.8. The topological polar surface area (TPSA) is 84.2 Å². The summed E-state index contributed by atoms with van der Waals surface area (Å²) < 4.78 is 19.8. The maximum atomic E-state index is 14.2. The third kappa shape index (κ3) is 4.05. The smallest absolute Gasteiger partial charge is 0.255 e. The Kier molecular flexibility index (Phi) is 5.61. The van der Waals surface area contributed by atoms with Crippen LogP contribution in [0.4, 0.5) is 10.2 Å². The molecular formula is C27H24FN3O3. The first-order valence-corrected chi connectivity index (χ1v) is 11.2. The van der Waals surface area contributed by atoms with Gasteiger partial charge in [-0.25, -0.2) is 9.37 Å². The molecule has 1 aliphatic carbocycles. The Morgan fingerprint density at radius 3 is 2.71 bits per heavy atom. The van der Waals surface area contributed by atoms with Gasteiger partial charge in [0.2, 0.25) is 0 Å². The summed E-state index contributed by atoms with van der Waals surface area (Å²) >= 11 is 0. The number of anilines is 1. The second-order valence-electron chi connectivity index (χ2n) is 8.76. The third-order valence-electron chi connectivity index (χ3n) is 6.35. The zero-order valence-electron chi connectivity index (χ0n) is 18.9. The predicted molar refractivity (Wildman–Crippen MR) is 125 cm³/mol. The number of carbonyl (C=O) groups excluding carboxylic acids is 2. The fraction of sp³-hybridized carbons (Fsp3) is 0.222. The lowest BCUT2D eigenvalue weighted by Gasteiger charge is -2.36. The largest absolute Gasteiger partial charge is 0.469 e. The lowest BCUT2D eigenvalue weighted by atomic mass is 9.72. The fourth-order valence-electron chi connectivity index (χ4n) is 4.81. The van der Waals surface area contributed by atoms with Gasteiger partial charge in [0.25, 0.3) is 5.91 Å². The first-order valence-electron chi connectivity index (χ1n) is 11.2. The summed E-state index contributed by atoms with van der Waals surface area (Å²) in [5, 5.41) is 6.14. The number of nitrogens with zero attached hydrogens (tertiary/aromatic N) is 1. The SMILES string of the molecule is CC1=C(C(=O)Nc2ccc(C)cn2)[C@@H](c2cccc(F)c2)C2=C(C[C@H](c3ccco3)CC2=O)N1. The minimum Gasteiger partial charge on any atom is -0.469 e. The molecule has 6 nitrogen and oxygen atoms in total. The highest BCUT2D eigenvalue weighted by Gasteiger charge is 2.41. The lowest BCUT2D eigenvalue weighted by Crippen LogP contribution is -2.37. The number of hydrogen-bond donors (Lipinski definition) is 2. The van der Waals surface area contributed by atoms with Crippen molar-refractivity contribution in [3.63, 3.8) is 0 Å². The number of Topliss-reactive ketones (excluding diaryl/α,β-unsaturated/α-hetero) is 1. The molecule has 2 aromatic heterocycles. The van der Waals surface area contributed by atoms with Crippen LogP contribution in [0.5, 0.6) is 0 Å². The Labute approximate surface area is 196 Å². The number of dihydropyridines is 1. The summed E-state index contributed by atoms with van der Waals surface area (Å²) in [6.45, 7) is 3.71. The number of carbonyl (C=O) groups is 2. The van der Waals surface area contributed by atoms with Crippen LogP contribution in [-0.2, 0) is 9.59 Å². The number of ketones is 1. The van der Waals surface area contributed by atoms with Gasteiger partial charge in [-0.15, -0.1) is 0 Å². The summed E-state index contributed by atoms with van der Waals surface area (Å²) in [6, 6.07) is 13.3. The van der Waals surface area contributed by atoms with Crippen LogP contribution in [-0.4, -0.2) is 16.7 Å². The van der Waals surface area contributed by atoms with E-state index in [4.69, 9.17) is 4.42 Å². The molecular weight excluding hydrogens is 433 g/mol. The van der Waals surface area contributed by atoms with E-state index in [-0.39, 0.29) is 24.0 Å². The van der Waals surface area contributed by atoms with E-state index in [0.29, 0.717) is 34.6 Å². The van der Waals surface area contributed by atoms with Crippen LogP contribution in [0.25, 0.3) is 0 Å². The van der Waals surface area contributed by atoms with Crippen molar-refractivity contribution in [1.29, 1.82) is 0 Å². The normalized spacial score (nSPS) is 20.1.